The van der Waals surface area contributed by atoms with Crippen molar-refractivity contribution in [2.45, 2.75) is 64.5 Å². The molecule has 1 saturated heterocycles. The Labute approximate surface area is 199 Å². The van der Waals surface area contributed by atoms with Crippen molar-refractivity contribution in [1.82, 2.24) is 29.7 Å². The molecule has 178 valence electrons. The minimum absolute atomic E-state index is 0.214. The largest absolute Gasteiger partial charge is 0.496 e. The fourth-order valence-corrected chi connectivity index (χ4v) is 6.20. The predicted molar refractivity (Wildman–Crippen MR) is 129 cm³/mol. The maximum absolute atomic E-state index is 13.8. The number of likely N-dealkylation sites (tertiary alicyclic amines) is 1. The number of benzene rings is 1. The Hall–Kier alpha value is -3.16. The number of hydrogen-bond acceptors (Lipinski definition) is 5. The molecule has 2 atom stereocenters. The molecule has 1 saturated carbocycles. The van der Waals surface area contributed by atoms with Gasteiger partial charge in [0.15, 0.2) is 0 Å². The van der Waals surface area contributed by atoms with Crippen molar-refractivity contribution in [3.05, 3.63) is 35.0 Å². The van der Waals surface area contributed by atoms with Crippen molar-refractivity contribution < 1.29 is 9.53 Å². The molecule has 0 spiro atoms. The third-order valence-corrected chi connectivity index (χ3v) is 7.96. The van der Waals surface area contributed by atoms with Crippen molar-refractivity contribution in [2.75, 3.05) is 13.7 Å². The molecule has 0 N–H and O–H groups in total. The van der Waals surface area contributed by atoms with Crippen LogP contribution in [0.25, 0.3) is 22.6 Å². The van der Waals surface area contributed by atoms with Crippen LogP contribution < -0.4 is 4.74 Å². The lowest BCUT2D eigenvalue weighted by Crippen LogP contribution is -2.53. The second-order valence-corrected chi connectivity index (χ2v) is 9.91. The summed E-state index contributed by atoms with van der Waals surface area (Å²) in [6.45, 7) is 3.89. The molecular weight excluding hydrogens is 428 g/mol. The van der Waals surface area contributed by atoms with Crippen LogP contribution in [0.1, 0.15) is 60.6 Å². The first-order valence-corrected chi connectivity index (χ1v) is 12.6. The average molecular weight is 461 g/mol. The molecular formula is C26H32N6O2. The normalized spacial score (nSPS) is 20.9. The lowest BCUT2D eigenvalue weighted by atomic mass is 9.73. The Morgan fingerprint density at radius 1 is 1.15 bits per heavy atom. The van der Waals surface area contributed by atoms with Gasteiger partial charge in [0.1, 0.15) is 11.4 Å². The Morgan fingerprint density at radius 2 is 2.03 bits per heavy atom. The van der Waals surface area contributed by atoms with Crippen LogP contribution in [0.5, 0.6) is 5.75 Å². The number of methoxy groups -OCH3 is 1. The van der Waals surface area contributed by atoms with E-state index in [2.05, 4.69) is 50.0 Å². The van der Waals surface area contributed by atoms with Gasteiger partial charge in [-0.3, -0.25) is 4.79 Å². The molecule has 2 aliphatic heterocycles. The first kappa shape index (κ1) is 21.4. The number of amides is 1. The zero-order valence-electron chi connectivity index (χ0n) is 20.3. The maximum atomic E-state index is 13.8. The topological polar surface area (TPSA) is 78.1 Å². The molecule has 6 rings (SSSR count). The standard InChI is InChI=1S/C26H32N6O2/c1-4-6-18-13-22(26(33)32-11-5-7-16-8-9-21(16)32)31-12-10-17-14-23(34-3)20(15-19(17)24(18)31)25-27-29-30(2)28-25/h13-16,21H,4-12H2,1-3H3. The molecule has 34 heavy (non-hydrogen) atoms. The molecule has 3 aromatic rings. The lowest BCUT2D eigenvalue weighted by molar-refractivity contribution is 0.0175. The van der Waals surface area contributed by atoms with Crippen LogP contribution in [0.3, 0.4) is 0 Å². The summed E-state index contributed by atoms with van der Waals surface area (Å²) in [4.78, 5) is 17.5. The van der Waals surface area contributed by atoms with Crippen molar-refractivity contribution in [1.29, 1.82) is 0 Å². The third-order valence-electron chi connectivity index (χ3n) is 7.96. The Bertz CT molecular complexity index is 1260. The maximum Gasteiger partial charge on any atom is 0.270 e. The molecule has 1 aromatic carbocycles. The number of aryl methyl sites for hydroxylation is 3. The molecule has 2 fully saturated rings. The van der Waals surface area contributed by atoms with Crippen molar-refractivity contribution in [3.63, 3.8) is 0 Å². The van der Waals surface area contributed by atoms with Gasteiger partial charge in [-0.15, -0.1) is 10.2 Å². The van der Waals surface area contributed by atoms with Gasteiger partial charge >= 0.3 is 0 Å². The Balaban J connectivity index is 1.47. The van der Waals surface area contributed by atoms with E-state index in [0.717, 1.165) is 67.8 Å². The summed E-state index contributed by atoms with van der Waals surface area (Å²) in [6.07, 6.45) is 7.66. The second-order valence-electron chi connectivity index (χ2n) is 9.91. The van der Waals surface area contributed by atoms with Crippen LogP contribution in [0, 0.1) is 5.92 Å². The highest BCUT2D eigenvalue weighted by molar-refractivity contribution is 5.95. The zero-order chi connectivity index (χ0) is 23.4. The predicted octanol–water partition coefficient (Wildman–Crippen LogP) is 3.88. The smallest absolute Gasteiger partial charge is 0.270 e. The van der Waals surface area contributed by atoms with E-state index in [1.165, 1.54) is 34.5 Å². The molecule has 1 amide bonds. The minimum atomic E-state index is 0.214. The van der Waals surface area contributed by atoms with Gasteiger partial charge in [-0.1, -0.05) is 13.3 Å². The van der Waals surface area contributed by atoms with E-state index in [9.17, 15) is 4.79 Å². The highest BCUT2D eigenvalue weighted by atomic mass is 16.5. The summed E-state index contributed by atoms with van der Waals surface area (Å²) in [7, 11) is 3.44. The van der Waals surface area contributed by atoms with Crippen LogP contribution in [0.15, 0.2) is 18.2 Å². The molecule has 0 bridgehead atoms. The number of piperidine rings is 1. The third kappa shape index (κ3) is 3.26. The van der Waals surface area contributed by atoms with Crippen molar-refractivity contribution in [3.8, 4) is 28.4 Å². The molecule has 3 aliphatic rings. The fourth-order valence-electron chi connectivity index (χ4n) is 6.20. The van der Waals surface area contributed by atoms with Gasteiger partial charge in [0.25, 0.3) is 5.91 Å². The number of hydrogen-bond donors (Lipinski definition) is 0. The summed E-state index contributed by atoms with van der Waals surface area (Å²) in [6, 6.07) is 6.85. The summed E-state index contributed by atoms with van der Waals surface area (Å²) < 4.78 is 7.98. The number of rotatable bonds is 5. The van der Waals surface area contributed by atoms with Crippen molar-refractivity contribution >= 4 is 5.91 Å². The molecule has 2 aromatic heterocycles. The summed E-state index contributed by atoms with van der Waals surface area (Å²) in [5, 5.41) is 12.7. The van der Waals surface area contributed by atoms with E-state index >= 15 is 0 Å². The molecule has 8 nitrogen and oxygen atoms in total. The Kier molecular flexibility index (Phi) is 5.19. The average Bonchev–Trinajstić information content (AvgIpc) is 3.42. The number of tetrazole rings is 1. The number of carbonyl (C=O) groups is 1. The first-order chi connectivity index (χ1) is 16.6. The van der Waals surface area contributed by atoms with E-state index in [1.807, 2.05) is 0 Å². The molecule has 0 radical (unpaired) electrons. The van der Waals surface area contributed by atoms with Crippen LogP contribution in [0.4, 0.5) is 0 Å². The van der Waals surface area contributed by atoms with E-state index in [4.69, 9.17) is 4.74 Å². The summed E-state index contributed by atoms with van der Waals surface area (Å²) in [5.74, 6) is 2.22. The number of ether oxygens (including phenoxy) is 1. The molecule has 1 aliphatic carbocycles. The molecule has 4 heterocycles. The number of carbonyl (C=O) groups excluding carboxylic acids is 1. The molecule has 8 heteroatoms. The van der Waals surface area contributed by atoms with E-state index in [1.54, 1.807) is 14.2 Å². The van der Waals surface area contributed by atoms with Crippen molar-refractivity contribution in [2.24, 2.45) is 13.0 Å². The van der Waals surface area contributed by atoms with Crippen LogP contribution in [0.2, 0.25) is 0 Å². The van der Waals surface area contributed by atoms with E-state index < -0.39 is 0 Å². The highest BCUT2D eigenvalue weighted by Crippen LogP contribution is 2.43. The van der Waals surface area contributed by atoms with Crippen LogP contribution >= 0.6 is 0 Å². The van der Waals surface area contributed by atoms with E-state index in [0.29, 0.717) is 17.8 Å². The quantitative estimate of drug-likeness (QED) is 0.578. The van der Waals surface area contributed by atoms with Crippen LogP contribution in [-0.2, 0) is 26.4 Å². The highest BCUT2D eigenvalue weighted by Gasteiger charge is 2.41. The van der Waals surface area contributed by atoms with Gasteiger partial charge in [0, 0.05) is 24.7 Å². The van der Waals surface area contributed by atoms with Gasteiger partial charge in [0.2, 0.25) is 5.82 Å². The number of fused-ring (bicyclic) bond motifs is 4. The zero-order valence-corrected chi connectivity index (χ0v) is 20.3. The number of nitrogens with zero attached hydrogens (tertiary/aromatic N) is 6. The van der Waals surface area contributed by atoms with Gasteiger partial charge in [0.05, 0.1) is 25.4 Å². The summed E-state index contributed by atoms with van der Waals surface area (Å²) in [5.41, 5.74) is 6.48. The molecule has 2 unspecified atom stereocenters. The fraction of sp³-hybridized carbons (Fsp3) is 0.538. The Morgan fingerprint density at radius 3 is 2.74 bits per heavy atom. The van der Waals surface area contributed by atoms with Gasteiger partial charge in [-0.2, -0.15) is 4.80 Å². The lowest BCUT2D eigenvalue weighted by Gasteiger charge is -2.48. The van der Waals surface area contributed by atoms with E-state index in [-0.39, 0.29) is 5.91 Å². The second kappa shape index (κ2) is 8.25. The first-order valence-electron chi connectivity index (χ1n) is 12.6. The number of aromatic nitrogens is 5. The van der Waals surface area contributed by atoms with Gasteiger partial charge in [-0.05, 0) is 79.0 Å². The minimum Gasteiger partial charge on any atom is -0.496 e. The van der Waals surface area contributed by atoms with Gasteiger partial charge in [-0.25, -0.2) is 0 Å². The summed E-state index contributed by atoms with van der Waals surface area (Å²) >= 11 is 0. The SMILES string of the molecule is CCCc1cc(C(=O)N2CCCC3CCC32)n2c1-c1cc(-c3nnn(C)n3)c(OC)cc1CC2. The van der Waals surface area contributed by atoms with Crippen LogP contribution in [-0.4, -0.2) is 55.3 Å². The van der Waals surface area contributed by atoms with Gasteiger partial charge < -0.3 is 14.2 Å². The monoisotopic (exact) mass is 460 g/mol.